The Morgan fingerprint density at radius 2 is 1.55 bits per heavy atom. The molecule has 7 heteroatoms. The predicted molar refractivity (Wildman–Crippen MR) is 155 cm³/mol. The van der Waals surface area contributed by atoms with Gasteiger partial charge in [0.15, 0.2) is 6.61 Å². The highest BCUT2D eigenvalue weighted by Gasteiger charge is 2.31. The van der Waals surface area contributed by atoms with Gasteiger partial charge in [-0.05, 0) is 54.2 Å². The number of nitrogens with one attached hydrogen (secondary N) is 1. The Labute approximate surface area is 236 Å². The van der Waals surface area contributed by atoms with Crippen molar-refractivity contribution in [2.45, 2.75) is 65.1 Å². The van der Waals surface area contributed by atoms with E-state index in [1.807, 2.05) is 74.5 Å². The van der Waals surface area contributed by atoms with E-state index in [9.17, 15) is 9.59 Å². The second-order valence-corrected chi connectivity index (χ2v) is 11.5. The SMILES string of the molecule is CC(C)NC(=O)[C@H](Cc1ccccc1)N(Cc1ccc(Cl)c(Cl)c1)C(=O)COc1ccccc1C(C)(C)C. The first-order chi connectivity index (χ1) is 18.0. The van der Waals surface area contributed by atoms with Gasteiger partial charge in [-0.25, -0.2) is 0 Å². The van der Waals surface area contributed by atoms with Gasteiger partial charge in [0, 0.05) is 19.0 Å². The van der Waals surface area contributed by atoms with E-state index >= 15 is 0 Å². The quantitative estimate of drug-likeness (QED) is 0.298. The molecule has 38 heavy (non-hydrogen) atoms. The van der Waals surface area contributed by atoms with Crippen molar-refractivity contribution in [2.24, 2.45) is 0 Å². The summed E-state index contributed by atoms with van der Waals surface area (Å²) in [5.74, 6) is 0.112. The Hall–Kier alpha value is -3.02. The van der Waals surface area contributed by atoms with E-state index in [4.69, 9.17) is 27.9 Å². The van der Waals surface area contributed by atoms with E-state index < -0.39 is 6.04 Å². The monoisotopic (exact) mass is 554 g/mol. The van der Waals surface area contributed by atoms with Gasteiger partial charge in [0.2, 0.25) is 5.91 Å². The normalized spacial score (nSPS) is 12.2. The van der Waals surface area contributed by atoms with Crippen LogP contribution in [-0.2, 0) is 28.0 Å². The molecule has 0 unspecified atom stereocenters. The topological polar surface area (TPSA) is 58.6 Å². The Balaban J connectivity index is 1.96. The Kier molecular flexibility index (Phi) is 10.2. The third-order valence-corrected chi connectivity index (χ3v) is 6.82. The third-order valence-electron chi connectivity index (χ3n) is 6.09. The van der Waals surface area contributed by atoms with Crippen LogP contribution in [-0.4, -0.2) is 35.4 Å². The van der Waals surface area contributed by atoms with Crippen LogP contribution >= 0.6 is 23.2 Å². The molecule has 202 valence electrons. The van der Waals surface area contributed by atoms with Gasteiger partial charge in [-0.2, -0.15) is 0 Å². The smallest absolute Gasteiger partial charge is 0.261 e. The predicted octanol–water partition coefficient (Wildman–Crippen LogP) is 6.83. The highest BCUT2D eigenvalue weighted by atomic mass is 35.5. The standard InChI is InChI=1S/C31H36Cl2N2O3/c1-21(2)34-30(37)27(18-22-11-7-6-8-12-22)35(19-23-15-16-25(32)26(33)17-23)29(36)20-38-28-14-10-9-13-24(28)31(3,4)5/h6-17,21,27H,18-20H2,1-5H3,(H,34,37)/t27-/m0/s1. The first kappa shape index (κ1) is 29.5. The minimum absolute atomic E-state index is 0.0855. The molecule has 0 heterocycles. The zero-order valence-corrected chi connectivity index (χ0v) is 24.1. The summed E-state index contributed by atoms with van der Waals surface area (Å²) in [6.45, 7) is 10.0. The fraction of sp³-hybridized carbons (Fsp3) is 0.355. The molecule has 0 bridgehead atoms. The molecule has 0 aliphatic rings. The molecule has 3 rings (SSSR count). The number of amides is 2. The van der Waals surface area contributed by atoms with Gasteiger partial charge >= 0.3 is 0 Å². The summed E-state index contributed by atoms with van der Waals surface area (Å²) in [4.78, 5) is 28.9. The lowest BCUT2D eigenvalue weighted by atomic mass is 9.86. The summed E-state index contributed by atoms with van der Waals surface area (Å²) < 4.78 is 6.08. The van der Waals surface area contributed by atoms with E-state index in [2.05, 4.69) is 26.1 Å². The van der Waals surface area contributed by atoms with Crippen molar-refractivity contribution in [1.82, 2.24) is 10.2 Å². The lowest BCUT2D eigenvalue weighted by Gasteiger charge is -2.32. The summed E-state index contributed by atoms with van der Waals surface area (Å²) in [6.07, 6.45) is 0.352. The van der Waals surface area contributed by atoms with Gasteiger partial charge in [-0.15, -0.1) is 0 Å². The van der Waals surface area contributed by atoms with Crippen molar-refractivity contribution in [3.8, 4) is 5.75 Å². The van der Waals surface area contributed by atoms with Crippen molar-refractivity contribution in [3.05, 3.63) is 99.5 Å². The molecule has 0 aromatic heterocycles. The minimum Gasteiger partial charge on any atom is -0.483 e. The fourth-order valence-corrected chi connectivity index (χ4v) is 4.52. The van der Waals surface area contributed by atoms with Crippen molar-refractivity contribution in [1.29, 1.82) is 0 Å². The summed E-state index contributed by atoms with van der Waals surface area (Å²) in [5.41, 5.74) is 2.55. The molecule has 0 aliphatic heterocycles. The molecule has 2 amide bonds. The number of ether oxygens (including phenoxy) is 1. The van der Waals surface area contributed by atoms with E-state index in [1.54, 1.807) is 17.0 Å². The Morgan fingerprint density at radius 3 is 2.18 bits per heavy atom. The molecular formula is C31H36Cl2N2O3. The number of hydrogen-bond donors (Lipinski definition) is 1. The molecule has 0 aliphatic carbocycles. The maximum absolute atomic E-state index is 13.8. The molecule has 0 saturated heterocycles. The molecular weight excluding hydrogens is 519 g/mol. The van der Waals surface area contributed by atoms with Gasteiger partial charge in [-0.3, -0.25) is 9.59 Å². The summed E-state index contributed by atoms with van der Waals surface area (Å²) >= 11 is 12.4. The average molecular weight is 556 g/mol. The third kappa shape index (κ3) is 8.24. The van der Waals surface area contributed by atoms with Crippen LogP contribution in [0.5, 0.6) is 5.75 Å². The first-order valence-electron chi connectivity index (χ1n) is 12.8. The first-order valence-corrected chi connectivity index (χ1v) is 13.5. The number of rotatable bonds is 10. The van der Waals surface area contributed by atoms with E-state index in [0.717, 1.165) is 16.7 Å². The molecule has 0 saturated carbocycles. The lowest BCUT2D eigenvalue weighted by molar-refractivity contribution is -0.143. The summed E-state index contributed by atoms with van der Waals surface area (Å²) in [5, 5.41) is 3.80. The Bertz CT molecular complexity index is 1240. The molecule has 1 atom stereocenters. The molecule has 0 radical (unpaired) electrons. The summed E-state index contributed by atoms with van der Waals surface area (Å²) in [7, 11) is 0. The van der Waals surface area contributed by atoms with E-state index in [-0.39, 0.29) is 36.4 Å². The van der Waals surface area contributed by atoms with Crippen LogP contribution in [0.4, 0.5) is 0 Å². The zero-order chi connectivity index (χ0) is 27.9. The Morgan fingerprint density at radius 1 is 0.895 bits per heavy atom. The van der Waals surface area contributed by atoms with Crippen molar-refractivity contribution >= 4 is 35.0 Å². The van der Waals surface area contributed by atoms with Crippen LogP contribution < -0.4 is 10.1 Å². The van der Waals surface area contributed by atoms with E-state index in [1.165, 1.54) is 0 Å². The fourth-order valence-electron chi connectivity index (χ4n) is 4.20. The van der Waals surface area contributed by atoms with Gasteiger partial charge in [-0.1, -0.05) is 98.6 Å². The zero-order valence-electron chi connectivity index (χ0n) is 22.6. The van der Waals surface area contributed by atoms with Gasteiger partial charge in [0.05, 0.1) is 10.0 Å². The van der Waals surface area contributed by atoms with Crippen LogP contribution in [0.3, 0.4) is 0 Å². The van der Waals surface area contributed by atoms with Crippen LogP contribution in [0.2, 0.25) is 10.0 Å². The van der Waals surface area contributed by atoms with Crippen LogP contribution in [0.25, 0.3) is 0 Å². The van der Waals surface area contributed by atoms with Crippen LogP contribution in [0.15, 0.2) is 72.8 Å². The average Bonchev–Trinajstić information content (AvgIpc) is 2.86. The highest BCUT2D eigenvalue weighted by molar-refractivity contribution is 6.42. The molecule has 3 aromatic rings. The number of benzene rings is 3. The number of hydrogen-bond acceptors (Lipinski definition) is 3. The van der Waals surface area contributed by atoms with Gasteiger partial charge in [0.25, 0.3) is 5.91 Å². The van der Waals surface area contributed by atoms with Gasteiger partial charge in [0.1, 0.15) is 11.8 Å². The maximum Gasteiger partial charge on any atom is 0.261 e. The van der Waals surface area contributed by atoms with Crippen LogP contribution in [0, 0.1) is 0 Å². The van der Waals surface area contributed by atoms with E-state index in [0.29, 0.717) is 22.2 Å². The number of halogens is 2. The van der Waals surface area contributed by atoms with Crippen molar-refractivity contribution < 1.29 is 14.3 Å². The van der Waals surface area contributed by atoms with Crippen molar-refractivity contribution in [2.75, 3.05) is 6.61 Å². The highest BCUT2D eigenvalue weighted by Crippen LogP contribution is 2.31. The second-order valence-electron chi connectivity index (χ2n) is 10.7. The molecule has 0 spiro atoms. The molecule has 5 nitrogen and oxygen atoms in total. The molecule has 3 aromatic carbocycles. The maximum atomic E-state index is 13.8. The molecule has 0 fully saturated rings. The number of para-hydroxylation sites is 1. The minimum atomic E-state index is -0.761. The van der Waals surface area contributed by atoms with Gasteiger partial charge < -0.3 is 15.0 Å². The van der Waals surface area contributed by atoms with Crippen LogP contribution in [0.1, 0.15) is 51.3 Å². The second kappa shape index (κ2) is 13.2. The largest absolute Gasteiger partial charge is 0.483 e. The number of carbonyl (C=O) groups is 2. The number of carbonyl (C=O) groups excluding carboxylic acids is 2. The lowest BCUT2D eigenvalue weighted by Crippen LogP contribution is -2.52. The molecule has 1 N–H and O–H groups in total. The number of nitrogens with zero attached hydrogens (tertiary/aromatic N) is 1. The van der Waals surface area contributed by atoms with Crippen molar-refractivity contribution in [3.63, 3.8) is 0 Å². The summed E-state index contributed by atoms with van der Waals surface area (Å²) in [6, 6.07) is 21.8.